The number of aromatic carboxylic acids is 1. The second kappa shape index (κ2) is 5.14. The number of carboxylic acid groups (broad SMARTS) is 1. The van der Waals surface area contributed by atoms with E-state index in [-0.39, 0.29) is 11.8 Å². The second-order valence-corrected chi connectivity index (χ2v) is 4.15. The van der Waals surface area contributed by atoms with E-state index < -0.39 is 5.97 Å². The average Bonchev–Trinajstić information content (AvgIpc) is 2.39. The van der Waals surface area contributed by atoms with Gasteiger partial charge in [0.25, 0.3) is 0 Å². The zero-order chi connectivity index (χ0) is 12.3. The van der Waals surface area contributed by atoms with Crippen molar-refractivity contribution in [3.05, 3.63) is 24.0 Å². The molecule has 2 rings (SSSR count). The molecule has 0 radical (unpaired) electrons. The van der Waals surface area contributed by atoms with Gasteiger partial charge in [-0.15, -0.1) is 0 Å². The SMILES string of the molecule is COC1CCCN(c2ccc(C(=O)O)nc2)C1. The van der Waals surface area contributed by atoms with Crippen LogP contribution in [0.25, 0.3) is 0 Å². The maximum absolute atomic E-state index is 10.7. The molecule has 1 aromatic heterocycles. The Morgan fingerprint density at radius 3 is 3.00 bits per heavy atom. The molecule has 5 heteroatoms. The van der Waals surface area contributed by atoms with E-state index in [4.69, 9.17) is 9.84 Å². The lowest BCUT2D eigenvalue weighted by molar-refractivity contribution is 0.0690. The largest absolute Gasteiger partial charge is 0.477 e. The van der Waals surface area contributed by atoms with Gasteiger partial charge in [-0.2, -0.15) is 0 Å². The summed E-state index contributed by atoms with van der Waals surface area (Å²) in [5.74, 6) is -0.995. The number of aromatic nitrogens is 1. The quantitative estimate of drug-likeness (QED) is 0.859. The molecule has 1 fully saturated rings. The van der Waals surface area contributed by atoms with Gasteiger partial charge in [0.1, 0.15) is 5.69 Å². The van der Waals surface area contributed by atoms with Crippen LogP contribution in [0.5, 0.6) is 0 Å². The van der Waals surface area contributed by atoms with Crippen molar-refractivity contribution >= 4 is 11.7 Å². The molecule has 92 valence electrons. The summed E-state index contributed by atoms with van der Waals surface area (Å²) in [5, 5.41) is 8.77. The van der Waals surface area contributed by atoms with E-state index in [9.17, 15) is 4.79 Å². The molecule has 0 amide bonds. The summed E-state index contributed by atoms with van der Waals surface area (Å²) in [5.41, 5.74) is 1.03. The molecule has 1 aliphatic rings. The minimum Gasteiger partial charge on any atom is -0.477 e. The molecular formula is C12H16N2O3. The van der Waals surface area contributed by atoms with Crippen LogP contribution in [0.1, 0.15) is 23.3 Å². The molecule has 5 nitrogen and oxygen atoms in total. The first-order valence-electron chi connectivity index (χ1n) is 5.68. The lowest BCUT2D eigenvalue weighted by atomic mass is 10.1. The number of hydrogen-bond donors (Lipinski definition) is 1. The molecule has 0 saturated carbocycles. The maximum Gasteiger partial charge on any atom is 0.354 e. The normalized spacial score (nSPS) is 20.3. The Kier molecular flexibility index (Phi) is 3.58. The molecule has 17 heavy (non-hydrogen) atoms. The number of hydrogen-bond acceptors (Lipinski definition) is 4. The highest BCUT2D eigenvalue weighted by Crippen LogP contribution is 2.20. The van der Waals surface area contributed by atoms with Crippen molar-refractivity contribution in [3.63, 3.8) is 0 Å². The van der Waals surface area contributed by atoms with E-state index in [2.05, 4.69) is 9.88 Å². The Morgan fingerprint density at radius 2 is 2.41 bits per heavy atom. The van der Waals surface area contributed by atoms with Gasteiger partial charge in [-0.3, -0.25) is 0 Å². The van der Waals surface area contributed by atoms with Crippen LogP contribution >= 0.6 is 0 Å². The Morgan fingerprint density at radius 1 is 1.59 bits per heavy atom. The lowest BCUT2D eigenvalue weighted by Gasteiger charge is -2.33. The minimum absolute atomic E-state index is 0.0778. The first-order chi connectivity index (χ1) is 8.20. The molecule has 1 aliphatic heterocycles. The summed E-state index contributed by atoms with van der Waals surface area (Å²) < 4.78 is 5.35. The molecule has 1 N–H and O–H groups in total. The third-order valence-corrected chi connectivity index (χ3v) is 3.04. The van der Waals surface area contributed by atoms with Gasteiger partial charge in [-0.05, 0) is 25.0 Å². The molecule has 1 saturated heterocycles. The van der Waals surface area contributed by atoms with Crippen molar-refractivity contribution in [2.45, 2.75) is 18.9 Å². The van der Waals surface area contributed by atoms with Gasteiger partial charge < -0.3 is 14.7 Å². The topological polar surface area (TPSA) is 62.7 Å². The van der Waals surface area contributed by atoms with E-state index in [0.717, 1.165) is 31.6 Å². The number of anilines is 1. The van der Waals surface area contributed by atoms with E-state index in [1.54, 1.807) is 19.4 Å². The lowest BCUT2D eigenvalue weighted by Crippen LogP contribution is -2.39. The maximum atomic E-state index is 10.7. The number of rotatable bonds is 3. The smallest absolute Gasteiger partial charge is 0.354 e. The predicted molar refractivity (Wildman–Crippen MR) is 63.4 cm³/mol. The Balaban J connectivity index is 2.08. The van der Waals surface area contributed by atoms with Gasteiger partial charge in [0, 0.05) is 20.2 Å². The number of ether oxygens (including phenoxy) is 1. The molecule has 0 aromatic carbocycles. The molecule has 1 aromatic rings. The summed E-state index contributed by atoms with van der Waals surface area (Å²) >= 11 is 0. The van der Waals surface area contributed by atoms with Gasteiger partial charge in [0.05, 0.1) is 18.0 Å². The first-order valence-corrected chi connectivity index (χ1v) is 5.68. The van der Waals surface area contributed by atoms with E-state index in [1.165, 1.54) is 6.07 Å². The fourth-order valence-corrected chi connectivity index (χ4v) is 2.06. The van der Waals surface area contributed by atoms with E-state index in [0.29, 0.717) is 0 Å². The van der Waals surface area contributed by atoms with Crippen LogP contribution in [-0.2, 0) is 4.74 Å². The number of piperidine rings is 1. The molecule has 1 atom stereocenters. The Bertz CT molecular complexity index is 391. The van der Waals surface area contributed by atoms with Crippen molar-refractivity contribution in [3.8, 4) is 0 Å². The van der Waals surface area contributed by atoms with Crippen molar-refractivity contribution in [2.75, 3.05) is 25.1 Å². The van der Waals surface area contributed by atoms with E-state index >= 15 is 0 Å². The van der Waals surface area contributed by atoms with Crippen molar-refractivity contribution in [2.24, 2.45) is 0 Å². The van der Waals surface area contributed by atoms with Crippen LogP contribution < -0.4 is 4.90 Å². The zero-order valence-electron chi connectivity index (χ0n) is 9.80. The third kappa shape index (κ3) is 2.74. The second-order valence-electron chi connectivity index (χ2n) is 4.15. The molecule has 1 unspecified atom stereocenters. The fraction of sp³-hybridized carbons (Fsp3) is 0.500. The summed E-state index contributed by atoms with van der Waals surface area (Å²) in [6, 6.07) is 3.34. The first kappa shape index (κ1) is 11.9. The zero-order valence-corrected chi connectivity index (χ0v) is 9.80. The summed E-state index contributed by atoms with van der Waals surface area (Å²) in [4.78, 5) is 16.8. The predicted octanol–water partition coefficient (Wildman–Crippen LogP) is 1.40. The number of carboxylic acids is 1. The molecule has 0 aliphatic carbocycles. The fourth-order valence-electron chi connectivity index (χ4n) is 2.06. The summed E-state index contributed by atoms with van der Waals surface area (Å²) in [7, 11) is 1.72. The van der Waals surface area contributed by atoms with Crippen molar-refractivity contribution < 1.29 is 14.6 Å². The Hall–Kier alpha value is -1.62. The van der Waals surface area contributed by atoms with Gasteiger partial charge in [0.15, 0.2) is 0 Å². The number of carbonyl (C=O) groups is 1. The van der Waals surface area contributed by atoms with Gasteiger partial charge in [-0.1, -0.05) is 0 Å². The highest BCUT2D eigenvalue weighted by Gasteiger charge is 2.20. The van der Waals surface area contributed by atoms with Crippen LogP contribution in [0.2, 0.25) is 0 Å². The summed E-state index contributed by atoms with van der Waals surface area (Å²) in [6.07, 6.45) is 4.02. The van der Waals surface area contributed by atoms with E-state index in [1.807, 2.05) is 0 Å². The van der Waals surface area contributed by atoms with Crippen LogP contribution in [0.3, 0.4) is 0 Å². The standard InChI is InChI=1S/C12H16N2O3/c1-17-10-3-2-6-14(8-10)9-4-5-11(12(15)16)13-7-9/h4-5,7,10H,2-3,6,8H2,1H3,(H,15,16). The van der Waals surface area contributed by atoms with Gasteiger partial charge >= 0.3 is 5.97 Å². The summed E-state index contributed by atoms with van der Waals surface area (Å²) in [6.45, 7) is 1.80. The number of pyridine rings is 1. The van der Waals surface area contributed by atoms with Crippen LogP contribution in [0.15, 0.2) is 18.3 Å². The minimum atomic E-state index is -0.995. The monoisotopic (exact) mass is 236 g/mol. The molecule has 0 bridgehead atoms. The van der Waals surface area contributed by atoms with Crippen molar-refractivity contribution in [1.29, 1.82) is 0 Å². The third-order valence-electron chi connectivity index (χ3n) is 3.04. The highest BCUT2D eigenvalue weighted by molar-refractivity contribution is 5.85. The number of nitrogens with zero attached hydrogens (tertiary/aromatic N) is 2. The molecule has 2 heterocycles. The van der Waals surface area contributed by atoms with Crippen LogP contribution in [0, 0.1) is 0 Å². The van der Waals surface area contributed by atoms with Crippen molar-refractivity contribution in [1.82, 2.24) is 4.98 Å². The average molecular weight is 236 g/mol. The Labute approximate surface area is 100 Å². The highest BCUT2D eigenvalue weighted by atomic mass is 16.5. The van der Waals surface area contributed by atoms with Gasteiger partial charge in [0.2, 0.25) is 0 Å². The van der Waals surface area contributed by atoms with Crippen LogP contribution in [-0.4, -0.2) is 42.4 Å². The molecular weight excluding hydrogens is 220 g/mol. The number of methoxy groups -OCH3 is 1. The van der Waals surface area contributed by atoms with Gasteiger partial charge in [-0.25, -0.2) is 9.78 Å². The molecule has 0 spiro atoms. The van der Waals surface area contributed by atoms with Crippen LogP contribution in [0.4, 0.5) is 5.69 Å².